The summed E-state index contributed by atoms with van der Waals surface area (Å²) in [6, 6.07) is 7.75. The number of ether oxygens (including phenoxy) is 1. The van der Waals surface area contributed by atoms with Gasteiger partial charge in [-0.15, -0.1) is 0 Å². The number of amides is 2. The summed E-state index contributed by atoms with van der Waals surface area (Å²) in [5.41, 5.74) is 1.45. The second kappa shape index (κ2) is 6.62. The van der Waals surface area contributed by atoms with Crippen molar-refractivity contribution < 1.29 is 18.7 Å². The van der Waals surface area contributed by atoms with Crippen LogP contribution in [0.4, 0.5) is 0 Å². The van der Waals surface area contributed by atoms with Crippen molar-refractivity contribution in [2.75, 3.05) is 32.8 Å². The molecular formula is C22H26N2O4. The van der Waals surface area contributed by atoms with Crippen molar-refractivity contribution in [2.24, 2.45) is 5.92 Å². The molecule has 6 heteroatoms. The van der Waals surface area contributed by atoms with Crippen LogP contribution in [0.2, 0.25) is 0 Å². The number of hydrogen-bond donors (Lipinski definition) is 0. The molecule has 1 unspecified atom stereocenters. The van der Waals surface area contributed by atoms with Gasteiger partial charge < -0.3 is 19.0 Å². The molecule has 1 aromatic heterocycles. The van der Waals surface area contributed by atoms with Gasteiger partial charge >= 0.3 is 0 Å². The first kappa shape index (κ1) is 17.7. The average molecular weight is 382 g/mol. The quantitative estimate of drug-likeness (QED) is 0.819. The molecule has 148 valence electrons. The Morgan fingerprint density at radius 2 is 2.11 bits per heavy atom. The Morgan fingerprint density at radius 1 is 1.29 bits per heavy atom. The number of likely N-dealkylation sites (tertiary alicyclic amines) is 2. The van der Waals surface area contributed by atoms with Crippen molar-refractivity contribution in [1.82, 2.24) is 9.80 Å². The van der Waals surface area contributed by atoms with Crippen LogP contribution in [0.25, 0.3) is 11.0 Å². The molecule has 0 N–H and O–H groups in total. The van der Waals surface area contributed by atoms with E-state index >= 15 is 0 Å². The molecule has 3 saturated heterocycles. The highest BCUT2D eigenvalue weighted by molar-refractivity contribution is 5.99. The number of carbonyl (C=O) groups is 2. The van der Waals surface area contributed by atoms with Gasteiger partial charge in [-0.3, -0.25) is 9.59 Å². The minimum absolute atomic E-state index is 0.0484. The first-order chi connectivity index (χ1) is 13.5. The van der Waals surface area contributed by atoms with Gasteiger partial charge in [-0.25, -0.2) is 0 Å². The number of hydrogen-bond acceptors (Lipinski definition) is 4. The molecule has 5 rings (SSSR count). The summed E-state index contributed by atoms with van der Waals surface area (Å²) in [7, 11) is 0. The molecule has 1 aromatic carbocycles. The average Bonchev–Trinajstić information content (AvgIpc) is 3.24. The van der Waals surface area contributed by atoms with Gasteiger partial charge in [0.2, 0.25) is 5.91 Å². The second-order valence-corrected chi connectivity index (χ2v) is 8.56. The number of para-hydroxylation sites is 1. The highest BCUT2D eigenvalue weighted by Gasteiger charge is 2.49. The SMILES string of the molecule is Cc1c(C(=O)N2CC3(CCC(CN4CCCC4=O)CO3)C2)oc2ccccc12. The molecule has 0 aliphatic carbocycles. The lowest BCUT2D eigenvalue weighted by molar-refractivity contribution is -0.169. The van der Waals surface area contributed by atoms with E-state index in [0.717, 1.165) is 48.9 Å². The normalized spacial score (nSPS) is 24.2. The zero-order chi connectivity index (χ0) is 19.3. The fraction of sp³-hybridized carbons (Fsp3) is 0.545. The van der Waals surface area contributed by atoms with E-state index in [1.165, 1.54) is 0 Å². The fourth-order valence-electron chi connectivity index (χ4n) is 4.83. The highest BCUT2D eigenvalue weighted by atomic mass is 16.5. The van der Waals surface area contributed by atoms with Crippen LogP contribution in [-0.4, -0.2) is 60.0 Å². The Bertz CT molecular complexity index is 918. The van der Waals surface area contributed by atoms with Crippen molar-refractivity contribution in [2.45, 2.75) is 38.2 Å². The van der Waals surface area contributed by atoms with Gasteiger partial charge in [-0.05, 0) is 32.3 Å². The van der Waals surface area contributed by atoms with E-state index in [-0.39, 0.29) is 17.4 Å². The zero-order valence-corrected chi connectivity index (χ0v) is 16.3. The van der Waals surface area contributed by atoms with E-state index in [1.54, 1.807) is 0 Å². The molecule has 0 saturated carbocycles. The van der Waals surface area contributed by atoms with Crippen molar-refractivity contribution >= 4 is 22.8 Å². The summed E-state index contributed by atoms with van der Waals surface area (Å²) >= 11 is 0. The standard InChI is InChI=1S/C22H26N2O4/c1-15-17-5-2-3-6-18(17)28-20(15)21(26)24-13-22(14-24)9-8-16(12-27-22)11-23-10-4-7-19(23)25/h2-3,5-6,16H,4,7-14H2,1H3. The number of benzene rings is 1. The van der Waals surface area contributed by atoms with E-state index in [1.807, 2.05) is 41.0 Å². The molecule has 2 aromatic rings. The Balaban J connectivity index is 1.19. The topological polar surface area (TPSA) is 63.0 Å². The van der Waals surface area contributed by atoms with Gasteiger partial charge in [-0.2, -0.15) is 0 Å². The first-order valence-corrected chi connectivity index (χ1v) is 10.2. The minimum atomic E-state index is -0.207. The number of rotatable bonds is 3. The van der Waals surface area contributed by atoms with Crippen LogP contribution in [0.3, 0.4) is 0 Å². The van der Waals surface area contributed by atoms with Crippen LogP contribution in [0.1, 0.15) is 41.8 Å². The maximum absolute atomic E-state index is 12.9. The molecule has 4 heterocycles. The molecule has 3 aliphatic heterocycles. The third-order valence-electron chi connectivity index (χ3n) is 6.57. The lowest BCUT2D eigenvalue weighted by Gasteiger charge is -2.52. The molecule has 0 bridgehead atoms. The van der Waals surface area contributed by atoms with Gasteiger partial charge in [0, 0.05) is 36.4 Å². The Hall–Kier alpha value is -2.34. The summed E-state index contributed by atoms with van der Waals surface area (Å²) in [5.74, 6) is 1.09. The van der Waals surface area contributed by atoms with Crippen molar-refractivity contribution in [1.29, 1.82) is 0 Å². The monoisotopic (exact) mass is 382 g/mol. The van der Waals surface area contributed by atoms with E-state index in [0.29, 0.717) is 37.8 Å². The molecule has 28 heavy (non-hydrogen) atoms. The number of aryl methyl sites for hydroxylation is 1. The largest absolute Gasteiger partial charge is 0.451 e. The van der Waals surface area contributed by atoms with Crippen LogP contribution in [0.15, 0.2) is 28.7 Å². The summed E-state index contributed by atoms with van der Waals surface area (Å²) in [6.07, 6.45) is 3.67. The number of furan rings is 1. The predicted molar refractivity (Wildman–Crippen MR) is 104 cm³/mol. The Labute approximate surface area is 164 Å². The lowest BCUT2D eigenvalue weighted by Crippen LogP contribution is -2.66. The Kier molecular flexibility index (Phi) is 4.19. The maximum atomic E-state index is 12.9. The molecule has 3 fully saturated rings. The van der Waals surface area contributed by atoms with E-state index in [4.69, 9.17) is 9.15 Å². The van der Waals surface area contributed by atoms with Crippen LogP contribution < -0.4 is 0 Å². The number of fused-ring (bicyclic) bond motifs is 1. The van der Waals surface area contributed by atoms with E-state index < -0.39 is 0 Å². The smallest absolute Gasteiger partial charge is 0.290 e. The molecule has 1 spiro atoms. The van der Waals surface area contributed by atoms with Gasteiger partial charge in [0.15, 0.2) is 5.76 Å². The lowest BCUT2D eigenvalue weighted by atomic mass is 9.82. The van der Waals surface area contributed by atoms with Gasteiger partial charge in [0.25, 0.3) is 5.91 Å². The third-order valence-corrected chi connectivity index (χ3v) is 6.57. The van der Waals surface area contributed by atoms with E-state index in [9.17, 15) is 9.59 Å². The van der Waals surface area contributed by atoms with Crippen LogP contribution in [-0.2, 0) is 9.53 Å². The van der Waals surface area contributed by atoms with Crippen molar-refractivity contribution in [3.05, 3.63) is 35.6 Å². The second-order valence-electron chi connectivity index (χ2n) is 8.56. The first-order valence-electron chi connectivity index (χ1n) is 10.2. The summed E-state index contributed by atoms with van der Waals surface area (Å²) in [4.78, 5) is 28.5. The minimum Gasteiger partial charge on any atom is -0.451 e. The van der Waals surface area contributed by atoms with Crippen LogP contribution >= 0.6 is 0 Å². The van der Waals surface area contributed by atoms with Gasteiger partial charge in [0.05, 0.1) is 19.7 Å². The van der Waals surface area contributed by atoms with Crippen LogP contribution in [0.5, 0.6) is 0 Å². The van der Waals surface area contributed by atoms with Gasteiger partial charge in [-0.1, -0.05) is 18.2 Å². The van der Waals surface area contributed by atoms with Crippen molar-refractivity contribution in [3.63, 3.8) is 0 Å². The van der Waals surface area contributed by atoms with Gasteiger partial charge in [0.1, 0.15) is 11.2 Å². The molecule has 6 nitrogen and oxygen atoms in total. The zero-order valence-electron chi connectivity index (χ0n) is 16.3. The molecular weight excluding hydrogens is 356 g/mol. The van der Waals surface area contributed by atoms with E-state index in [2.05, 4.69) is 0 Å². The maximum Gasteiger partial charge on any atom is 0.290 e. The number of nitrogens with zero attached hydrogens (tertiary/aromatic N) is 2. The molecule has 1 atom stereocenters. The summed E-state index contributed by atoms with van der Waals surface area (Å²) in [5, 5.41) is 0.995. The fourth-order valence-corrected chi connectivity index (χ4v) is 4.83. The molecule has 0 radical (unpaired) electrons. The van der Waals surface area contributed by atoms with Crippen molar-refractivity contribution in [3.8, 4) is 0 Å². The summed E-state index contributed by atoms with van der Waals surface area (Å²) in [6.45, 7) is 5.57. The third kappa shape index (κ3) is 2.91. The highest BCUT2D eigenvalue weighted by Crippen LogP contribution is 2.38. The van der Waals surface area contributed by atoms with Crippen LogP contribution in [0, 0.1) is 12.8 Å². The summed E-state index contributed by atoms with van der Waals surface area (Å²) < 4.78 is 12.0. The molecule has 3 aliphatic rings. The predicted octanol–water partition coefficient (Wildman–Crippen LogP) is 2.98. The Morgan fingerprint density at radius 3 is 2.79 bits per heavy atom. The number of carbonyl (C=O) groups excluding carboxylic acids is 2. The molecule has 2 amide bonds.